The summed E-state index contributed by atoms with van der Waals surface area (Å²) in [5.41, 5.74) is 7.00. The number of aliphatic carboxylic acids is 3. The zero-order valence-electron chi connectivity index (χ0n) is 23.4. The van der Waals surface area contributed by atoms with Crippen molar-refractivity contribution in [1.82, 2.24) is 4.90 Å². The monoisotopic (exact) mass is 576 g/mol. The molecule has 2 aromatic carbocycles. The number of ether oxygens (including phenoxy) is 4. The number of nitrogens with two attached hydrogens (primary N) is 1. The Morgan fingerprint density at radius 1 is 0.902 bits per heavy atom. The summed E-state index contributed by atoms with van der Waals surface area (Å²) in [6, 6.07) is 10.9. The second-order valence-corrected chi connectivity index (χ2v) is 8.55. The molecular formula is C28H36N2O11. The summed E-state index contributed by atoms with van der Waals surface area (Å²) >= 11 is 0. The molecule has 1 heterocycles. The van der Waals surface area contributed by atoms with Gasteiger partial charge in [-0.05, 0) is 18.2 Å². The highest BCUT2D eigenvalue weighted by Gasteiger charge is 2.34. The number of rotatable bonds is 11. The van der Waals surface area contributed by atoms with E-state index in [1.54, 1.807) is 45.5 Å². The third kappa shape index (κ3) is 11.1. The highest BCUT2D eigenvalue weighted by atomic mass is 16.5. The number of hydrogen-bond donors (Lipinski definition) is 4. The zero-order chi connectivity index (χ0) is 31.1. The number of nitrogens with zero attached hydrogens (tertiary/aromatic N) is 1. The summed E-state index contributed by atoms with van der Waals surface area (Å²) < 4.78 is 20.5. The van der Waals surface area contributed by atoms with Crippen LogP contribution in [0.3, 0.4) is 0 Å². The molecule has 0 aliphatic carbocycles. The minimum atomic E-state index is -1.27. The maximum absolute atomic E-state index is 11.8. The van der Waals surface area contributed by atoms with Gasteiger partial charge < -0.3 is 44.9 Å². The normalized spacial score (nSPS) is 13.5. The lowest BCUT2D eigenvalue weighted by Crippen LogP contribution is -2.26. The first-order valence-corrected chi connectivity index (χ1v) is 12.2. The van der Waals surface area contributed by atoms with E-state index in [-0.39, 0.29) is 24.4 Å². The van der Waals surface area contributed by atoms with Crippen LogP contribution < -0.4 is 24.7 Å². The van der Waals surface area contributed by atoms with Gasteiger partial charge in [-0.2, -0.15) is 0 Å². The van der Waals surface area contributed by atoms with Gasteiger partial charge in [-0.25, -0.2) is 4.79 Å². The van der Waals surface area contributed by atoms with E-state index < -0.39 is 30.2 Å². The molecule has 1 aliphatic rings. The van der Waals surface area contributed by atoms with E-state index in [1.165, 1.54) is 0 Å². The zero-order valence-corrected chi connectivity index (χ0v) is 23.4. The Morgan fingerprint density at radius 2 is 1.41 bits per heavy atom. The molecule has 1 amide bonds. The molecule has 1 aliphatic heterocycles. The van der Waals surface area contributed by atoms with Crippen LogP contribution >= 0.6 is 0 Å². The molecule has 41 heavy (non-hydrogen) atoms. The predicted molar refractivity (Wildman–Crippen MR) is 147 cm³/mol. The van der Waals surface area contributed by atoms with E-state index in [0.29, 0.717) is 24.6 Å². The summed E-state index contributed by atoms with van der Waals surface area (Å²) in [7, 11) is 6.35. The Morgan fingerprint density at radius 3 is 1.78 bits per heavy atom. The third-order valence-electron chi connectivity index (χ3n) is 5.80. The molecule has 1 unspecified atom stereocenters. The first-order chi connectivity index (χ1) is 19.4. The SMILES string of the molecule is C=C(CC(=O)O)C(=O)O.COc1ccc(CN)c(OC)c1.COc1ccc(CN2CC(C(=O)O)CC2=O)c(OC)c1. The molecule has 0 spiro atoms. The Balaban J connectivity index is 0.000000341. The smallest absolute Gasteiger partial charge is 0.331 e. The number of methoxy groups -OCH3 is 4. The molecule has 1 saturated heterocycles. The van der Waals surface area contributed by atoms with Crippen LogP contribution in [-0.4, -0.2) is 79.0 Å². The molecule has 13 heteroatoms. The summed E-state index contributed by atoms with van der Waals surface area (Å²) in [6.07, 6.45) is -0.441. The van der Waals surface area contributed by atoms with Crippen molar-refractivity contribution >= 4 is 23.8 Å². The third-order valence-corrected chi connectivity index (χ3v) is 5.80. The average Bonchev–Trinajstić information content (AvgIpc) is 3.33. The molecule has 0 saturated carbocycles. The largest absolute Gasteiger partial charge is 0.497 e. The number of carboxylic acid groups (broad SMARTS) is 3. The van der Waals surface area contributed by atoms with Crippen molar-refractivity contribution in [3.05, 3.63) is 59.7 Å². The fourth-order valence-corrected chi connectivity index (χ4v) is 3.56. The highest BCUT2D eigenvalue weighted by molar-refractivity contribution is 5.91. The molecular weight excluding hydrogens is 540 g/mol. The first-order valence-electron chi connectivity index (χ1n) is 12.2. The summed E-state index contributed by atoms with van der Waals surface area (Å²) in [5.74, 6) is -1.29. The minimum absolute atomic E-state index is 0.0633. The number of benzene rings is 2. The van der Waals surface area contributed by atoms with Crippen LogP contribution in [0.2, 0.25) is 0 Å². The maximum atomic E-state index is 11.8. The topological polar surface area (TPSA) is 195 Å². The minimum Gasteiger partial charge on any atom is -0.497 e. The van der Waals surface area contributed by atoms with Crippen molar-refractivity contribution in [2.45, 2.75) is 25.9 Å². The number of carbonyl (C=O) groups excluding carboxylic acids is 1. The van der Waals surface area contributed by atoms with Crippen molar-refractivity contribution < 1.29 is 53.4 Å². The Bertz CT molecular complexity index is 1230. The van der Waals surface area contributed by atoms with Gasteiger partial charge >= 0.3 is 17.9 Å². The molecule has 3 rings (SSSR count). The van der Waals surface area contributed by atoms with Crippen LogP contribution in [0.15, 0.2) is 48.6 Å². The van der Waals surface area contributed by atoms with Crippen LogP contribution in [0.1, 0.15) is 24.0 Å². The number of hydrogen-bond acceptors (Lipinski definition) is 9. The van der Waals surface area contributed by atoms with Gasteiger partial charge in [0.2, 0.25) is 5.91 Å². The van der Waals surface area contributed by atoms with Crippen LogP contribution in [0, 0.1) is 5.92 Å². The van der Waals surface area contributed by atoms with Crippen LogP contribution in [0.25, 0.3) is 0 Å². The summed E-state index contributed by atoms with van der Waals surface area (Å²) in [6.45, 7) is 4.08. The lowest BCUT2D eigenvalue weighted by Gasteiger charge is -2.18. The van der Waals surface area contributed by atoms with Crippen molar-refractivity contribution in [2.24, 2.45) is 11.7 Å². The highest BCUT2D eigenvalue weighted by Crippen LogP contribution is 2.28. The average molecular weight is 577 g/mol. The Hall–Kier alpha value is -4.78. The van der Waals surface area contributed by atoms with Gasteiger partial charge in [-0.1, -0.05) is 12.6 Å². The van der Waals surface area contributed by atoms with Gasteiger partial charge in [-0.3, -0.25) is 14.4 Å². The lowest BCUT2D eigenvalue weighted by molar-refractivity contribution is -0.141. The van der Waals surface area contributed by atoms with E-state index in [4.69, 9.17) is 40.0 Å². The van der Waals surface area contributed by atoms with Crippen molar-refractivity contribution in [3.63, 3.8) is 0 Å². The molecule has 0 radical (unpaired) electrons. The quantitative estimate of drug-likeness (QED) is 0.286. The second kappa shape index (κ2) is 17.0. The lowest BCUT2D eigenvalue weighted by atomic mass is 10.1. The van der Waals surface area contributed by atoms with Crippen molar-refractivity contribution in [1.29, 1.82) is 0 Å². The van der Waals surface area contributed by atoms with E-state index >= 15 is 0 Å². The van der Waals surface area contributed by atoms with Crippen LogP contribution in [0.4, 0.5) is 0 Å². The second-order valence-electron chi connectivity index (χ2n) is 8.55. The number of likely N-dealkylation sites (tertiary alicyclic amines) is 1. The van der Waals surface area contributed by atoms with E-state index in [9.17, 15) is 19.2 Å². The molecule has 13 nitrogen and oxygen atoms in total. The molecule has 0 bridgehead atoms. The van der Waals surface area contributed by atoms with Gasteiger partial charge in [0.25, 0.3) is 0 Å². The van der Waals surface area contributed by atoms with Gasteiger partial charge in [0.05, 0.1) is 40.8 Å². The molecule has 1 atom stereocenters. The first kappa shape index (κ1) is 34.2. The number of amides is 1. The van der Waals surface area contributed by atoms with E-state index in [1.807, 2.05) is 24.3 Å². The molecule has 5 N–H and O–H groups in total. The summed E-state index contributed by atoms with van der Waals surface area (Å²) in [4.78, 5) is 44.0. The van der Waals surface area contributed by atoms with Crippen molar-refractivity contribution in [3.8, 4) is 23.0 Å². The van der Waals surface area contributed by atoms with Crippen LogP contribution in [0.5, 0.6) is 23.0 Å². The molecule has 0 aromatic heterocycles. The van der Waals surface area contributed by atoms with Crippen LogP contribution in [-0.2, 0) is 32.3 Å². The maximum Gasteiger partial charge on any atom is 0.331 e. The van der Waals surface area contributed by atoms with Gasteiger partial charge in [0.15, 0.2) is 0 Å². The van der Waals surface area contributed by atoms with Gasteiger partial charge in [0.1, 0.15) is 23.0 Å². The molecule has 2 aromatic rings. The van der Waals surface area contributed by atoms with Gasteiger partial charge in [0, 0.05) is 54.9 Å². The fraction of sp³-hybridized carbons (Fsp3) is 0.357. The molecule has 1 fully saturated rings. The van der Waals surface area contributed by atoms with E-state index in [0.717, 1.165) is 22.6 Å². The molecule has 224 valence electrons. The van der Waals surface area contributed by atoms with Crippen molar-refractivity contribution in [2.75, 3.05) is 35.0 Å². The van der Waals surface area contributed by atoms with E-state index in [2.05, 4.69) is 6.58 Å². The van der Waals surface area contributed by atoms with Gasteiger partial charge in [-0.15, -0.1) is 0 Å². The Kier molecular flexibility index (Phi) is 14.2. The number of carbonyl (C=O) groups is 4. The predicted octanol–water partition coefficient (Wildman–Crippen LogP) is 2.40. The Labute approximate surface area is 237 Å². The standard InChI is InChI=1S/C14H17NO5.C9H13NO2.C5H6O4/c1-19-11-4-3-9(12(6-11)20-2)7-15-8-10(14(17)18)5-13(15)16;1-11-8-4-3-7(6-10)9(5-8)12-2;1-3(5(8)9)2-4(6)7/h3-4,6,10H,5,7-8H2,1-2H3,(H,17,18);3-5H,6,10H2,1-2H3;1-2H2,(H,6,7)(H,8,9). The summed E-state index contributed by atoms with van der Waals surface area (Å²) in [5, 5.41) is 25.0. The number of carboxylic acids is 3. The fourth-order valence-electron chi connectivity index (χ4n) is 3.56.